The quantitative estimate of drug-likeness (QED) is 0.470. The molecule has 0 aromatic heterocycles. The minimum atomic E-state index is -0.705. The fourth-order valence-corrected chi connectivity index (χ4v) is 2.67. The minimum Gasteiger partial charge on any atom is -0.482 e. The minimum absolute atomic E-state index is 0.0359. The molecule has 0 radical (unpaired) electrons. The van der Waals surface area contributed by atoms with Gasteiger partial charge in [-0.05, 0) is 43.3 Å². The number of carbonyl (C=O) groups excluding carboxylic acids is 5. The number of Topliss-reactive ketones (excluding diaryl/α,β-unsaturated/α-hetero) is 1. The Morgan fingerprint density at radius 2 is 1.38 bits per heavy atom. The molecule has 168 valence electrons. The molecule has 0 bridgehead atoms. The predicted molar refractivity (Wildman–Crippen MR) is 114 cm³/mol. The molecule has 0 unspecified atom stereocenters. The molecule has 2 aromatic carbocycles. The van der Waals surface area contributed by atoms with Crippen molar-refractivity contribution in [3.05, 3.63) is 53.1 Å². The summed E-state index contributed by atoms with van der Waals surface area (Å²) in [5.41, 5.74) is 0.836. The van der Waals surface area contributed by atoms with E-state index in [0.717, 1.165) is 0 Å². The zero-order chi connectivity index (χ0) is 23.8. The molecule has 2 amide bonds. The fourth-order valence-electron chi connectivity index (χ4n) is 2.67. The summed E-state index contributed by atoms with van der Waals surface area (Å²) in [5, 5.41) is 5.07. The van der Waals surface area contributed by atoms with E-state index in [1.54, 1.807) is 0 Å². The van der Waals surface area contributed by atoms with Crippen LogP contribution >= 0.6 is 0 Å². The standard InChI is InChI=1S/C22H22N2O8/c1-12(25)14-5-6-18(23-13(2)26)19(10-14)32-11-20(27)24-17-8-15(21(28)30-3)7-16(9-17)22(29)31-4/h5-10H,11H2,1-4H3,(H,23,26)(H,24,27). The highest BCUT2D eigenvalue weighted by Crippen LogP contribution is 2.26. The molecule has 2 N–H and O–H groups in total. The van der Waals surface area contributed by atoms with Crippen LogP contribution in [0, 0.1) is 0 Å². The van der Waals surface area contributed by atoms with Crippen molar-refractivity contribution < 1.29 is 38.2 Å². The van der Waals surface area contributed by atoms with Gasteiger partial charge in [-0.3, -0.25) is 14.4 Å². The molecule has 10 heteroatoms. The van der Waals surface area contributed by atoms with E-state index in [0.29, 0.717) is 5.56 Å². The van der Waals surface area contributed by atoms with Crippen LogP contribution in [0.1, 0.15) is 44.9 Å². The Morgan fingerprint density at radius 3 is 1.88 bits per heavy atom. The summed E-state index contributed by atoms with van der Waals surface area (Å²) >= 11 is 0. The third-order valence-corrected chi connectivity index (χ3v) is 4.12. The molecule has 0 spiro atoms. The van der Waals surface area contributed by atoms with E-state index >= 15 is 0 Å². The molecule has 0 saturated carbocycles. The van der Waals surface area contributed by atoms with E-state index in [9.17, 15) is 24.0 Å². The number of benzene rings is 2. The van der Waals surface area contributed by atoms with Crippen molar-refractivity contribution in [1.29, 1.82) is 0 Å². The van der Waals surface area contributed by atoms with Gasteiger partial charge in [-0.1, -0.05) is 0 Å². The number of anilines is 2. The second kappa shape index (κ2) is 10.7. The number of carbonyl (C=O) groups is 5. The van der Waals surface area contributed by atoms with E-state index in [2.05, 4.69) is 20.1 Å². The molecular formula is C22H22N2O8. The number of methoxy groups -OCH3 is 2. The van der Waals surface area contributed by atoms with E-state index in [1.807, 2.05) is 0 Å². The molecule has 0 saturated heterocycles. The number of rotatable bonds is 8. The Bertz CT molecular complexity index is 1040. The van der Waals surface area contributed by atoms with Crippen LogP contribution in [-0.2, 0) is 19.1 Å². The molecule has 10 nitrogen and oxygen atoms in total. The number of ether oxygens (including phenoxy) is 3. The zero-order valence-electron chi connectivity index (χ0n) is 17.9. The van der Waals surface area contributed by atoms with Gasteiger partial charge in [0.25, 0.3) is 5.91 Å². The van der Waals surface area contributed by atoms with Crippen LogP contribution in [0.15, 0.2) is 36.4 Å². The van der Waals surface area contributed by atoms with E-state index in [4.69, 9.17) is 4.74 Å². The first-order valence-corrected chi connectivity index (χ1v) is 9.31. The lowest BCUT2D eigenvalue weighted by Crippen LogP contribution is -2.21. The number of hydrogen-bond acceptors (Lipinski definition) is 8. The molecule has 2 aromatic rings. The highest BCUT2D eigenvalue weighted by atomic mass is 16.5. The third kappa shape index (κ3) is 6.39. The molecular weight excluding hydrogens is 420 g/mol. The van der Waals surface area contributed by atoms with Crippen molar-refractivity contribution in [3.63, 3.8) is 0 Å². The average molecular weight is 442 g/mol. The molecule has 2 rings (SSSR count). The van der Waals surface area contributed by atoms with Gasteiger partial charge < -0.3 is 24.8 Å². The zero-order valence-corrected chi connectivity index (χ0v) is 17.9. The highest BCUT2D eigenvalue weighted by Gasteiger charge is 2.16. The van der Waals surface area contributed by atoms with Gasteiger partial charge in [0, 0.05) is 18.2 Å². The Kier molecular flexibility index (Phi) is 8.05. The van der Waals surface area contributed by atoms with Crippen molar-refractivity contribution >= 4 is 40.9 Å². The van der Waals surface area contributed by atoms with Gasteiger partial charge in [0.2, 0.25) is 5.91 Å². The number of amides is 2. The van der Waals surface area contributed by atoms with Gasteiger partial charge in [0.1, 0.15) is 5.75 Å². The van der Waals surface area contributed by atoms with Gasteiger partial charge in [-0.15, -0.1) is 0 Å². The summed E-state index contributed by atoms with van der Waals surface area (Å²) in [6.45, 7) is 2.20. The van der Waals surface area contributed by atoms with Gasteiger partial charge in [0.15, 0.2) is 12.4 Å². The lowest BCUT2D eigenvalue weighted by atomic mass is 10.1. The number of ketones is 1. The molecule has 0 aliphatic heterocycles. The summed E-state index contributed by atoms with van der Waals surface area (Å²) in [6, 6.07) is 8.36. The Morgan fingerprint density at radius 1 is 0.781 bits per heavy atom. The summed E-state index contributed by atoms with van der Waals surface area (Å²) in [5.74, 6) is -2.48. The van der Waals surface area contributed by atoms with Crippen LogP contribution in [0.4, 0.5) is 11.4 Å². The van der Waals surface area contributed by atoms with Crippen molar-refractivity contribution in [1.82, 2.24) is 0 Å². The van der Waals surface area contributed by atoms with Crippen LogP contribution < -0.4 is 15.4 Å². The Balaban J connectivity index is 2.22. The lowest BCUT2D eigenvalue weighted by molar-refractivity contribution is -0.118. The van der Waals surface area contributed by atoms with Crippen LogP contribution in [-0.4, -0.2) is 50.4 Å². The summed E-state index contributed by atoms with van der Waals surface area (Å²) in [4.78, 5) is 59.2. The SMILES string of the molecule is COC(=O)c1cc(NC(=O)COc2cc(C(C)=O)ccc2NC(C)=O)cc(C(=O)OC)c1. The van der Waals surface area contributed by atoms with Gasteiger partial charge >= 0.3 is 11.9 Å². The maximum Gasteiger partial charge on any atom is 0.337 e. The first kappa shape index (κ1) is 24.1. The van der Waals surface area contributed by atoms with Crippen molar-refractivity contribution in [2.24, 2.45) is 0 Å². The Hall–Kier alpha value is -4.21. The van der Waals surface area contributed by atoms with Crippen LogP contribution in [0.5, 0.6) is 5.75 Å². The molecule has 0 aliphatic carbocycles. The smallest absolute Gasteiger partial charge is 0.337 e. The van der Waals surface area contributed by atoms with E-state index in [-0.39, 0.29) is 39.9 Å². The van der Waals surface area contributed by atoms with Gasteiger partial charge in [-0.25, -0.2) is 9.59 Å². The van der Waals surface area contributed by atoms with Crippen molar-refractivity contribution in [3.8, 4) is 5.75 Å². The number of esters is 2. The molecule has 0 aliphatic rings. The predicted octanol–water partition coefficient (Wildman–Crippen LogP) is 2.44. The first-order chi connectivity index (χ1) is 15.1. The van der Waals surface area contributed by atoms with Crippen LogP contribution in [0.25, 0.3) is 0 Å². The van der Waals surface area contributed by atoms with E-state index in [1.165, 1.54) is 64.5 Å². The summed E-state index contributed by atoms with van der Waals surface area (Å²) in [7, 11) is 2.36. The van der Waals surface area contributed by atoms with Crippen molar-refractivity contribution in [2.45, 2.75) is 13.8 Å². The summed E-state index contributed by atoms with van der Waals surface area (Å²) in [6.07, 6.45) is 0. The molecule has 0 fully saturated rings. The van der Waals surface area contributed by atoms with Gasteiger partial charge in [-0.2, -0.15) is 0 Å². The monoisotopic (exact) mass is 442 g/mol. The lowest BCUT2D eigenvalue weighted by Gasteiger charge is -2.13. The third-order valence-electron chi connectivity index (χ3n) is 4.12. The molecule has 32 heavy (non-hydrogen) atoms. The van der Waals surface area contributed by atoms with Crippen LogP contribution in [0.2, 0.25) is 0 Å². The van der Waals surface area contributed by atoms with E-state index < -0.39 is 24.5 Å². The topological polar surface area (TPSA) is 137 Å². The second-order valence-electron chi connectivity index (χ2n) is 6.57. The number of hydrogen-bond donors (Lipinski definition) is 2. The Labute approximate surface area is 183 Å². The molecule has 0 atom stereocenters. The maximum absolute atomic E-state index is 12.4. The largest absolute Gasteiger partial charge is 0.482 e. The fraction of sp³-hybridized carbons (Fsp3) is 0.227. The highest BCUT2D eigenvalue weighted by molar-refractivity contribution is 6.00. The molecule has 0 heterocycles. The first-order valence-electron chi connectivity index (χ1n) is 9.31. The van der Waals surface area contributed by atoms with Gasteiger partial charge in [0.05, 0.1) is 31.0 Å². The number of nitrogens with one attached hydrogen (secondary N) is 2. The second-order valence-corrected chi connectivity index (χ2v) is 6.57. The maximum atomic E-state index is 12.4. The average Bonchev–Trinajstić information content (AvgIpc) is 2.76. The van der Waals surface area contributed by atoms with Crippen molar-refractivity contribution in [2.75, 3.05) is 31.5 Å². The van der Waals surface area contributed by atoms with Crippen LogP contribution in [0.3, 0.4) is 0 Å². The normalized spacial score (nSPS) is 10.0. The summed E-state index contributed by atoms with van der Waals surface area (Å²) < 4.78 is 14.8.